The molecule has 0 aliphatic carbocycles. The summed E-state index contributed by atoms with van der Waals surface area (Å²) in [5.74, 6) is 0.452. The molecule has 108 valence electrons. The van der Waals surface area contributed by atoms with E-state index in [9.17, 15) is 9.90 Å². The number of aliphatic hydroxyl groups is 1. The molecular weight excluding hydrogens is 230 g/mol. The van der Waals surface area contributed by atoms with Gasteiger partial charge in [-0.25, -0.2) is 4.79 Å². The molecule has 0 rings (SSSR count). The van der Waals surface area contributed by atoms with Crippen molar-refractivity contribution in [1.29, 1.82) is 0 Å². The van der Waals surface area contributed by atoms with Crippen LogP contribution < -0.4 is 10.6 Å². The molecule has 0 aliphatic rings. The lowest BCUT2D eigenvalue weighted by molar-refractivity contribution is 0.204. The molecule has 0 saturated heterocycles. The van der Waals surface area contributed by atoms with E-state index in [0.29, 0.717) is 5.92 Å². The lowest BCUT2D eigenvalue weighted by atomic mass is 10.0. The van der Waals surface area contributed by atoms with Crippen molar-refractivity contribution in [2.45, 2.75) is 45.7 Å². The van der Waals surface area contributed by atoms with Gasteiger partial charge in [0.2, 0.25) is 0 Å². The van der Waals surface area contributed by atoms with Crippen LogP contribution in [0.5, 0.6) is 0 Å². The van der Waals surface area contributed by atoms with E-state index in [1.165, 1.54) is 0 Å². The lowest BCUT2D eigenvalue weighted by Crippen LogP contribution is -2.47. The lowest BCUT2D eigenvalue weighted by Gasteiger charge is -2.21. The maximum atomic E-state index is 11.7. The number of urea groups is 1. The summed E-state index contributed by atoms with van der Waals surface area (Å²) in [5.41, 5.74) is 0. The number of nitrogens with one attached hydrogen (secondary N) is 2. The van der Waals surface area contributed by atoms with Crippen LogP contribution in [0.15, 0.2) is 0 Å². The fourth-order valence-electron chi connectivity index (χ4n) is 1.72. The van der Waals surface area contributed by atoms with Gasteiger partial charge in [-0.2, -0.15) is 0 Å². The quantitative estimate of drug-likeness (QED) is 0.610. The number of rotatable bonds is 8. The highest BCUT2D eigenvalue weighted by molar-refractivity contribution is 5.74. The Bertz CT molecular complexity index is 232. The van der Waals surface area contributed by atoms with Crippen LogP contribution in [0.2, 0.25) is 0 Å². The fraction of sp³-hybridized carbons (Fsp3) is 0.923. The highest BCUT2D eigenvalue weighted by atomic mass is 16.3. The largest absolute Gasteiger partial charge is 0.394 e. The third kappa shape index (κ3) is 9.24. The van der Waals surface area contributed by atoms with Gasteiger partial charge < -0.3 is 20.6 Å². The average molecular weight is 259 g/mol. The Kier molecular flexibility index (Phi) is 8.75. The smallest absolute Gasteiger partial charge is 0.315 e. The summed E-state index contributed by atoms with van der Waals surface area (Å²) >= 11 is 0. The van der Waals surface area contributed by atoms with Crippen LogP contribution >= 0.6 is 0 Å². The minimum Gasteiger partial charge on any atom is -0.394 e. The zero-order valence-corrected chi connectivity index (χ0v) is 12.4. The SMILES string of the molecule is CC(C)CC(CO)NC(=O)NC(C)CCN(C)C. The summed E-state index contributed by atoms with van der Waals surface area (Å²) in [6.07, 6.45) is 1.70. The van der Waals surface area contributed by atoms with Crippen LogP contribution in [0.1, 0.15) is 33.6 Å². The first-order valence-electron chi connectivity index (χ1n) is 6.67. The van der Waals surface area contributed by atoms with E-state index in [1.54, 1.807) is 0 Å². The molecule has 3 N–H and O–H groups in total. The maximum absolute atomic E-state index is 11.7. The van der Waals surface area contributed by atoms with Crippen LogP contribution in [0, 0.1) is 5.92 Å². The van der Waals surface area contributed by atoms with Crippen molar-refractivity contribution in [2.24, 2.45) is 5.92 Å². The van der Waals surface area contributed by atoms with Crippen LogP contribution in [0.3, 0.4) is 0 Å². The maximum Gasteiger partial charge on any atom is 0.315 e. The molecule has 0 saturated carbocycles. The second-order valence-corrected chi connectivity index (χ2v) is 5.62. The first-order chi connectivity index (χ1) is 8.35. The number of nitrogens with zero attached hydrogens (tertiary/aromatic N) is 1. The predicted molar refractivity (Wildman–Crippen MR) is 74.6 cm³/mol. The minimum absolute atomic E-state index is 0.0162. The van der Waals surface area contributed by atoms with Gasteiger partial charge in [0.1, 0.15) is 0 Å². The van der Waals surface area contributed by atoms with Crippen molar-refractivity contribution in [1.82, 2.24) is 15.5 Å². The van der Waals surface area contributed by atoms with Gasteiger partial charge in [0.15, 0.2) is 0 Å². The van der Waals surface area contributed by atoms with Crippen molar-refractivity contribution in [2.75, 3.05) is 27.2 Å². The molecule has 5 nitrogen and oxygen atoms in total. The second-order valence-electron chi connectivity index (χ2n) is 5.62. The summed E-state index contributed by atoms with van der Waals surface area (Å²) in [7, 11) is 4.02. The molecule has 0 aromatic carbocycles. The van der Waals surface area contributed by atoms with Gasteiger partial charge in [0, 0.05) is 6.04 Å². The minimum atomic E-state index is -0.194. The van der Waals surface area contributed by atoms with Gasteiger partial charge in [-0.3, -0.25) is 0 Å². The first kappa shape index (κ1) is 17.2. The van der Waals surface area contributed by atoms with Gasteiger partial charge in [0.25, 0.3) is 0 Å². The Balaban J connectivity index is 3.93. The zero-order chi connectivity index (χ0) is 14.1. The van der Waals surface area contributed by atoms with Crippen LogP contribution in [-0.4, -0.2) is 55.4 Å². The second kappa shape index (κ2) is 9.16. The van der Waals surface area contributed by atoms with Crippen LogP contribution in [0.4, 0.5) is 4.79 Å². The zero-order valence-electron chi connectivity index (χ0n) is 12.4. The normalized spacial score (nSPS) is 14.7. The predicted octanol–water partition coefficient (Wildman–Crippen LogP) is 1.03. The molecule has 0 bridgehead atoms. The average Bonchev–Trinajstić information content (AvgIpc) is 2.24. The Morgan fingerprint density at radius 3 is 2.28 bits per heavy atom. The molecule has 2 amide bonds. The number of amides is 2. The molecule has 0 spiro atoms. The van der Waals surface area contributed by atoms with Crippen molar-refractivity contribution in [3.8, 4) is 0 Å². The number of hydrogen-bond acceptors (Lipinski definition) is 3. The van der Waals surface area contributed by atoms with E-state index < -0.39 is 0 Å². The number of carbonyl (C=O) groups excluding carboxylic acids is 1. The molecule has 0 fully saturated rings. The highest BCUT2D eigenvalue weighted by Crippen LogP contribution is 2.04. The van der Waals surface area contributed by atoms with Gasteiger partial charge in [-0.1, -0.05) is 13.8 Å². The Labute approximate surface area is 111 Å². The molecule has 5 heteroatoms. The van der Waals surface area contributed by atoms with Gasteiger partial charge in [-0.05, 0) is 46.3 Å². The summed E-state index contributed by atoms with van der Waals surface area (Å²) in [6.45, 7) is 7.05. The highest BCUT2D eigenvalue weighted by Gasteiger charge is 2.14. The van der Waals surface area contributed by atoms with Crippen molar-refractivity contribution in [3.63, 3.8) is 0 Å². The molecule has 0 radical (unpaired) electrons. The molecule has 0 aromatic rings. The van der Waals surface area contributed by atoms with Gasteiger partial charge in [-0.15, -0.1) is 0 Å². The molecule has 2 atom stereocenters. The molecule has 18 heavy (non-hydrogen) atoms. The summed E-state index contributed by atoms with van der Waals surface area (Å²) in [5, 5.41) is 14.9. The van der Waals surface area contributed by atoms with E-state index in [0.717, 1.165) is 19.4 Å². The third-order valence-corrected chi connectivity index (χ3v) is 2.70. The molecule has 0 heterocycles. The fourth-order valence-corrected chi connectivity index (χ4v) is 1.72. The van der Waals surface area contributed by atoms with Crippen molar-refractivity contribution >= 4 is 6.03 Å². The van der Waals surface area contributed by atoms with Crippen molar-refractivity contribution in [3.05, 3.63) is 0 Å². The molecule has 0 aromatic heterocycles. The molecular formula is C13H29N3O2. The Morgan fingerprint density at radius 2 is 1.83 bits per heavy atom. The van der Waals surface area contributed by atoms with Crippen molar-refractivity contribution < 1.29 is 9.90 Å². The van der Waals surface area contributed by atoms with Gasteiger partial charge in [0.05, 0.1) is 12.6 Å². The summed E-state index contributed by atoms with van der Waals surface area (Å²) < 4.78 is 0. The Hall–Kier alpha value is -0.810. The summed E-state index contributed by atoms with van der Waals surface area (Å²) in [6, 6.07) is -0.224. The first-order valence-corrected chi connectivity index (χ1v) is 6.67. The van der Waals surface area contributed by atoms with Gasteiger partial charge >= 0.3 is 6.03 Å². The monoisotopic (exact) mass is 259 g/mol. The number of aliphatic hydroxyl groups excluding tert-OH is 1. The topological polar surface area (TPSA) is 64.6 Å². The van der Waals surface area contributed by atoms with E-state index in [4.69, 9.17) is 0 Å². The molecule has 0 aliphatic heterocycles. The Morgan fingerprint density at radius 1 is 1.22 bits per heavy atom. The van der Waals surface area contributed by atoms with E-state index in [-0.39, 0.29) is 24.7 Å². The number of hydrogen-bond donors (Lipinski definition) is 3. The molecule has 2 unspecified atom stereocenters. The standard InChI is InChI=1S/C13H29N3O2/c1-10(2)8-12(9-17)15-13(18)14-11(3)6-7-16(4)5/h10-12,17H,6-9H2,1-5H3,(H2,14,15,18). The summed E-state index contributed by atoms with van der Waals surface area (Å²) in [4.78, 5) is 13.8. The number of carbonyl (C=O) groups is 1. The van der Waals surface area contributed by atoms with Crippen LogP contribution in [0.25, 0.3) is 0 Å². The van der Waals surface area contributed by atoms with Crippen LogP contribution in [-0.2, 0) is 0 Å². The van der Waals surface area contributed by atoms with E-state index in [1.807, 2.05) is 21.0 Å². The third-order valence-electron chi connectivity index (χ3n) is 2.70. The van der Waals surface area contributed by atoms with E-state index >= 15 is 0 Å². The van der Waals surface area contributed by atoms with E-state index in [2.05, 4.69) is 29.4 Å².